The van der Waals surface area contributed by atoms with E-state index in [1.165, 1.54) is 0 Å². The van der Waals surface area contributed by atoms with E-state index in [-0.39, 0.29) is 5.97 Å². The molecule has 0 atom stereocenters. The van der Waals surface area contributed by atoms with Crippen LogP contribution in [0.2, 0.25) is 5.02 Å². The third-order valence-corrected chi connectivity index (χ3v) is 2.14. The summed E-state index contributed by atoms with van der Waals surface area (Å²) in [7, 11) is 0. The first kappa shape index (κ1) is 11.8. The van der Waals surface area contributed by atoms with Gasteiger partial charge in [0.15, 0.2) is 0 Å². The Hall–Kier alpha value is -1.28. The van der Waals surface area contributed by atoms with E-state index >= 15 is 0 Å². The molecule has 2 nitrogen and oxygen atoms in total. The van der Waals surface area contributed by atoms with E-state index in [2.05, 4.69) is 6.58 Å². The fourth-order valence-corrected chi connectivity index (χ4v) is 1.16. The Bertz CT molecular complexity index is 354. The molecule has 0 fully saturated rings. The van der Waals surface area contributed by atoms with Gasteiger partial charge in [0.2, 0.25) is 0 Å². The molecule has 0 unspecified atom stereocenters. The Kier molecular flexibility index (Phi) is 4.37. The molecule has 0 saturated carbocycles. The van der Waals surface area contributed by atoms with Crippen LogP contribution in [-0.2, 0) is 16.0 Å². The van der Waals surface area contributed by atoms with E-state index in [0.717, 1.165) is 5.56 Å². The molecule has 0 aromatic heterocycles. The van der Waals surface area contributed by atoms with Gasteiger partial charge in [-0.05, 0) is 24.6 Å². The monoisotopic (exact) mass is 224 g/mol. The van der Waals surface area contributed by atoms with Crippen LogP contribution >= 0.6 is 11.6 Å². The highest BCUT2D eigenvalue weighted by Gasteiger charge is 2.02. The van der Waals surface area contributed by atoms with Crippen LogP contribution in [0.1, 0.15) is 12.5 Å². The van der Waals surface area contributed by atoms with Crippen molar-refractivity contribution in [1.82, 2.24) is 0 Å². The predicted molar refractivity (Wildman–Crippen MR) is 60.9 cm³/mol. The summed E-state index contributed by atoms with van der Waals surface area (Å²) in [5.41, 5.74) is 1.51. The lowest BCUT2D eigenvalue weighted by atomic mass is 10.2. The summed E-state index contributed by atoms with van der Waals surface area (Å²) in [5, 5.41) is 0.706. The second-order valence-corrected chi connectivity index (χ2v) is 3.73. The lowest BCUT2D eigenvalue weighted by molar-refractivity contribution is -0.138. The lowest BCUT2D eigenvalue weighted by Gasteiger charge is -2.04. The molecular weight excluding hydrogens is 212 g/mol. The zero-order chi connectivity index (χ0) is 11.3. The number of hydrogen-bond acceptors (Lipinski definition) is 2. The van der Waals surface area contributed by atoms with Crippen molar-refractivity contribution in [3.63, 3.8) is 0 Å². The van der Waals surface area contributed by atoms with E-state index in [1.54, 1.807) is 6.92 Å². The van der Waals surface area contributed by atoms with Crippen molar-refractivity contribution in [2.24, 2.45) is 0 Å². The summed E-state index contributed by atoms with van der Waals surface area (Å²) in [4.78, 5) is 11.0. The largest absolute Gasteiger partial charge is 0.462 e. The Morgan fingerprint density at radius 1 is 1.40 bits per heavy atom. The first-order chi connectivity index (χ1) is 7.09. The Labute approximate surface area is 94.5 Å². The van der Waals surface area contributed by atoms with Gasteiger partial charge in [-0.15, -0.1) is 0 Å². The molecule has 0 aliphatic rings. The van der Waals surface area contributed by atoms with Gasteiger partial charge in [-0.2, -0.15) is 0 Å². The molecule has 1 aromatic rings. The molecule has 0 radical (unpaired) electrons. The fraction of sp³-hybridized carbons (Fsp3) is 0.250. The molecule has 1 aromatic carbocycles. The topological polar surface area (TPSA) is 26.3 Å². The molecule has 0 spiro atoms. The number of ether oxygens (including phenoxy) is 1. The van der Waals surface area contributed by atoms with E-state index in [9.17, 15) is 4.79 Å². The van der Waals surface area contributed by atoms with Gasteiger partial charge in [-0.1, -0.05) is 30.3 Å². The van der Waals surface area contributed by atoms with Crippen LogP contribution in [-0.4, -0.2) is 12.6 Å². The van der Waals surface area contributed by atoms with Crippen LogP contribution in [0.4, 0.5) is 0 Å². The molecule has 0 aliphatic heterocycles. The standard InChI is InChI=1S/C12H13ClO2/c1-9(2)12(14)15-8-7-10-3-5-11(13)6-4-10/h3-6H,1,7-8H2,2H3. The smallest absolute Gasteiger partial charge is 0.333 e. The van der Waals surface area contributed by atoms with Gasteiger partial charge in [-0.3, -0.25) is 0 Å². The molecule has 0 aliphatic carbocycles. The van der Waals surface area contributed by atoms with Crippen LogP contribution in [0.15, 0.2) is 36.4 Å². The van der Waals surface area contributed by atoms with Crippen molar-refractivity contribution in [2.45, 2.75) is 13.3 Å². The third-order valence-electron chi connectivity index (χ3n) is 1.89. The Balaban J connectivity index is 2.35. The highest BCUT2D eigenvalue weighted by molar-refractivity contribution is 6.30. The van der Waals surface area contributed by atoms with E-state index < -0.39 is 0 Å². The maximum Gasteiger partial charge on any atom is 0.333 e. The van der Waals surface area contributed by atoms with Crippen molar-refractivity contribution < 1.29 is 9.53 Å². The minimum absolute atomic E-state index is 0.344. The number of carbonyl (C=O) groups is 1. The van der Waals surface area contributed by atoms with Crippen molar-refractivity contribution in [1.29, 1.82) is 0 Å². The average molecular weight is 225 g/mol. The minimum Gasteiger partial charge on any atom is -0.462 e. The molecule has 0 saturated heterocycles. The molecular formula is C12H13ClO2. The Morgan fingerprint density at radius 2 is 2.00 bits per heavy atom. The third kappa shape index (κ3) is 4.17. The van der Waals surface area contributed by atoms with Gasteiger partial charge in [0.25, 0.3) is 0 Å². The van der Waals surface area contributed by atoms with Crippen LogP contribution in [0.5, 0.6) is 0 Å². The summed E-state index contributed by atoms with van der Waals surface area (Å²) in [6, 6.07) is 7.46. The molecule has 80 valence electrons. The van der Waals surface area contributed by atoms with E-state index in [4.69, 9.17) is 16.3 Å². The van der Waals surface area contributed by atoms with Gasteiger partial charge in [0.05, 0.1) is 6.61 Å². The fourth-order valence-electron chi connectivity index (χ4n) is 1.04. The molecule has 0 bridgehead atoms. The number of esters is 1. The number of carbonyl (C=O) groups excluding carboxylic acids is 1. The number of rotatable bonds is 4. The quantitative estimate of drug-likeness (QED) is 0.581. The molecule has 1 rings (SSSR count). The molecule has 0 heterocycles. The van der Waals surface area contributed by atoms with Gasteiger partial charge in [-0.25, -0.2) is 4.79 Å². The summed E-state index contributed by atoms with van der Waals surface area (Å²) in [6.45, 7) is 5.50. The first-order valence-corrected chi connectivity index (χ1v) is 5.04. The SMILES string of the molecule is C=C(C)C(=O)OCCc1ccc(Cl)cc1. The highest BCUT2D eigenvalue weighted by Crippen LogP contribution is 2.10. The van der Waals surface area contributed by atoms with Crippen molar-refractivity contribution in [2.75, 3.05) is 6.61 Å². The second kappa shape index (κ2) is 5.56. The predicted octanol–water partition coefficient (Wildman–Crippen LogP) is 3.00. The molecule has 0 amide bonds. The summed E-state index contributed by atoms with van der Waals surface area (Å²) in [5.74, 6) is -0.344. The highest BCUT2D eigenvalue weighted by atomic mass is 35.5. The minimum atomic E-state index is -0.344. The zero-order valence-electron chi connectivity index (χ0n) is 8.63. The van der Waals surface area contributed by atoms with Crippen molar-refractivity contribution in [3.05, 3.63) is 47.0 Å². The summed E-state index contributed by atoms with van der Waals surface area (Å²) >= 11 is 5.74. The summed E-state index contributed by atoms with van der Waals surface area (Å²) in [6.07, 6.45) is 0.691. The van der Waals surface area contributed by atoms with Crippen LogP contribution in [0.3, 0.4) is 0 Å². The van der Waals surface area contributed by atoms with Crippen molar-refractivity contribution >= 4 is 17.6 Å². The maximum absolute atomic E-state index is 11.0. The van der Waals surface area contributed by atoms with E-state index in [1.807, 2.05) is 24.3 Å². The number of halogens is 1. The average Bonchev–Trinajstić information content (AvgIpc) is 2.20. The Morgan fingerprint density at radius 3 is 2.53 bits per heavy atom. The van der Waals surface area contributed by atoms with Crippen LogP contribution in [0.25, 0.3) is 0 Å². The van der Waals surface area contributed by atoms with Gasteiger partial charge >= 0.3 is 5.97 Å². The van der Waals surface area contributed by atoms with Gasteiger partial charge < -0.3 is 4.74 Å². The van der Waals surface area contributed by atoms with Gasteiger partial charge in [0.1, 0.15) is 0 Å². The number of benzene rings is 1. The molecule has 15 heavy (non-hydrogen) atoms. The normalized spacial score (nSPS) is 9.73. The van der Waals surface area contributed by atoms with E-state index in [0.29, 0.717) is 23.6 Å². The van der Waals surface area contributed by atoms with Crippen molar-refractivity contribution in [3.8, 4) is 0 Å². The number of hydrogen-bond donors (Lipinski definition) is 0. The summed E-state index contributed by atoms with van der Waals surface area (Å²) < 4.78 is 4.97. The second-order valence-electron chi connectivity index (χ2n) is 3.29. The lowest BCUT2D eigenvalue weighted by Crippen LogP contribution is -2.07. The van der Waals surface area contributed by atoms with Gasteiger partial charge in [0, 0.05) is 17.0 Å². The molecule has 3 heteroatoms. The van der Waals surface area contributed by atoms with Crippen LogP contribution < -0.4 is 0 Å². The maximum atomic E-state index is 11.0. The zero-order valence-corrected chi connectivity index (χ0v) is 9.38. The van der Waals surface area contributed by atoms with Crippen LogP contribution in [0, 0.1) is 0 Å². The molecule has 0 N–H and O–H groups in total. The first-order valence-electron chi connectivity index (χ1n) is 4.66.